The number of alkyl halides is 3. The third kappa shape index (κ3) is 2.81. The number of aromatic nitrogens is 6. The Bertz CT molecular complexity index is 1020. The highest BCUT2D eigenvalue weighted by molar-refractivity contribution is 5.48. The number of aryl methyl sites for hydroxylation is 1. The zero-order chi connectivity index (χ0) is 19.5. The molecular formula is C17H17F3N8. The predicted molar refractivity (Wildman–Crippen MR) is 94.0 cm³/mol. The van der Waals surface area contributed by atoms with Crippen molar-refractivity contribution in [1.82, 2.24) is 29.8 Å². The van der Waals surface area contributed by atoms with Crippen molar-refractivity contribution in [3.63, 3.8) is 0 Å². The average molecular weight is 390 g/mol. The van der Waals surface area contributed by atoms with E-state index in [9.17, 15) is 13.2 Å². The molecule has 0 bridgehead atoms. The van der Waals surface area contributed by atoms with Gasteiger partial charge in [0.05, 0.1) is 0 Å². The maximum absolute atomic E-state index is 13.1. The Morgan fingerprint density at radius 3 is 2.36 bits per heavy atom. The average Bonchev–Trinajstić information content (AvgIpc) is 3.33. The van der Waals surface area contributed by atoms with Gasteiger partial charge in [-0.1, -0.05) is 0 Å². The highest BCUT2D eigenvalue weighted by Crippen LogP contribution is 2.35. The van der Waals surface area contributed by atoms with Crippen LogP contribution in [0.3, 0.4) is 0 Å². The third-order valence-corrected chi connectivity index (χ3v) is 5.38. The minimum Gasteiger partial charge on any atom is -0.354 e. The number of halogens is 3. The van der Waals surface area contributed by atoms with Gasteiger partial charge in [0.25, 0.3) is 5.82 Å². The van der Waals surface area contributed by atoms with E-state index < -0.39 is 12.0 Å². The first-order chi connectivity index (χ1) is 13.4. The Hall–Kier alpha value is -2.98. The van der Waals surface area contributed by atoms with E-state index in [0.717, 1.165) is 42.3 Å². The molecule has 0 aromatic carbocycles. The van der Waals surface area contributed by atoms with Crippen LogP contribution in [0.25, 0.3) is 5.65 Å². The van der Waals surface area contributed by atoms with Crippen LogP contribution >= 0.6 is 0 Å². The first-order valence-electron chi connectivity index (χ1n) is 8.98. The SMILES string of the molecule is Cc1ccnc(N2CC3CN(c4ccc5nnc(C(F)(F)F)n5n4)CC3C2)n1. The van der Waals surface area contributed by atoms with Crippen LogP contribution in [-0.4, -0.2) is 56.0 Å². The quantitative estimate of drug-likeness (QED) is 0.661. The summed E-state index contributed by atoms with van der Waals surface area (Å²) in [7, 11) is 0. The van der Waals surface area contributed by atoms with E-state index in [0.29, 0.717) is 17.7 Å². The molecule has 0 saturated carbocycles. The molecule has 2 atom stereocenters. The van der Waals surface area contributed by atoms with E-state index in [1.807, 2.05) is 17.9 Å². The van der Waals surface area contributed by atoms with Gasteiger partial charge in [0.15, 0.2) is 5.65 Å². The molecule has 2 aliphatic rings. The molecule has 2 saturated heterocycles. The maximum atomic E-state index is 13.1. The van der Waals surface area contributed by atoms with Gasteiger partial charge in [-0.25, -0.2) is 9.97 Å². The van der Waals surface area contributed by atoms with Gasteiger partial charge in [-0.2, -0.15) is 17.7 Å². The largest absolute Gasteiger partial charge is 0.453 e. The molecule has 0 N–H and O–H groups in total. The molecular weight excluding hydrogens is 373 g/mol. The summed E-state index contributed by atoms with van der Waals surface area (Å²) in [6.07, 6.45) is -2.84. The van der Waals surface area contributed by atoms with Gasteiger partial charge >= 0.3 is 6.18 Å². The smallest absolute Gasteiger partial charge is 0.354 e. The van der Waals surface area contributed by atoms with Crippen molar-refractivity contribution < 1.29 is 13.2 Å². The van der Waals surface area contributed by atoms with Crippen LogP contribution in [0.2, 0.25) is 0 Å². The first kappa shape index (κ1) is 17.1. The van der Waals surface area contributed by atoms with Crippen LogP contribution in [0.15, 0.2) is 24.4 Å². The van der Waals surface area contributed by atoms with Gasteiger partial charge in [0, 0.05) is 49.9 Å². The van der Waals surface area contributed by atoms with E-state index in [1.54, 1.807) is 12.3 Å². The van der Waals surface area contributed by atoms with E-state index in [2.05, 4.69) is 30.2 Å². The summed E-state index contributed by atoms with van der Waals surface area (Å²) in [6, 6.07) is 5.09. The summed E-state index contributed by atoms with van der Waals surface area (Å²) in [4.78, 5) is 13.0. The van der Waals surface area contributed by atoms with Gasteiger partial charge in [0.1, 0.15) is 5.82 Å². The van der Waals surface area contributed by atoms with Crippen molar-refractivity contribution in [2.45, 2.75) is 13.1 Å². The Morgan fingerprint density at radius 1 is 0.964 bits per heavy atom. The van der Waals surface area contributed by atoms with Gasteiger partial charge < -0.3 is 9.80 Å². The summed E-state index contributed by atoms with van der Waals surface area (Å²) in [6.45, 7) is 5.05. The first-order valence-corrected chi connectivity index (χ1v) is 8.98. The van der Waals surface area contributed by atoms with Crippen LogP contribution in [0.4, 0.5) is 24.9 Å². The second-order valence-electron chi connectivity index (χ2n) is 7.31. The fraction of sp³-hybridized carbons (Fsp3) is 0.471. The highest BCUT2D eigenvalue weighted by atomic mass is 19.4. The molecule has 2 fully saturated rings. The molecule has 3 aromatic heterocycles. The number of anilines is 2. The topological polar surface area (TPSA) is 75.3 Å². The van der Waals surface area contributed by atoms with Crippen molar-refractivity contribution in [3.8, 4) is 0 Å². The molecule has 0 aliphatic carbocycles. The fourth-order valence-corrected chi connectivity index (χ4v) is 4.06. The molecule has 0 radical (unpaired) electrons. The number of hydrogen-bond acceptors (Lipinski definition) is 7. The molecule has 2 unspecified atom stereocenters. The Labute approximate surface area is 158 Å². The Balaban J connectivity index is 1.35. The van der Waals surface area contributed by atoms with Gasteiger partial charge in [0.2, 0.25) is 5.95 Å². The molecule has 5 heterocycles. The molecule has 0 amide bonds. The van der Waals surface area contributed by atoms with Crippen LogP contribution in [0.1, 0.15) is 11.5 Å². The number of hydrogen-bond donors (Lipinski definition) is 0. The summed E-state index contributed by atoms with van der Waals surface area (Å²) < 4.78 is 40.0. The van der Waals surface area contributed by atoms with Crippen molar-refractivity contribution in [2.75, 3.05) is 36.0 Å². The van der Waals surface area contributed by atoms with Crippen molar-refractivity contribution in [2.24, 2.45) is 11.8 Å². The summed E-state index contributed by atoms with van der Waals surface area (Å²) in [5.74, 6) is 0.922. The maximum Gasteiger partial charge on any atom is 0.453 e. The Morgan fingerprint density at radius 2 is 1.68 bits per heavy atom. The molecule has 3 aromatic rings. The molecule has 28 heavy (non-hydrogen) atoms. The number of rotatable bonds is 2. The van der Waals surface area contributed by atoms with Crippen molar-refractivity contribution >= 4 is 17.4 Å². The van der Waals surface area contributed by atoms with Gasteiger partial charge in [-0.15, -0.1) is 15.3 Å². The van der Waals surface area contributed by atoms with E-state index >= 15 is 0 Å². The molecule has 0 spiro atoms. The molecule has 5 rings (SSSR count). The lowest BCUT2D eigenvalue weighted by Crippen LogP contribution is -2.30. The minimum absolute atomic E-state index is 0.0817. The summed E-state index contributed by atoms with van der Waals surface area (Å²) >= 11 is 0. The summed E-state index contributed by atoms with van der Waals surface area (Å²) in [5.41, 5.74) is 1.01. The second kappa shape index (κ2) is 6.01. The molecule has 146 valence electrons. The lowest BCUT2D eigenvalue weighted by molar-refractivity contribution is -0.146. The van der Waals surface area contributed by atoms with Crippen LogP contribution in [-0.2, 0) is 6.18 Å². The number of fused-ring (bicyclic) bond motifs is 2. The van der Waals surface area contributed by atoms with E-state index in [-0.39, 0.29) is 5.65 Å². The van der Waals surface area contributed by atoms with Crippen molar-refractivity contribution in [3.05, 3.63) is 35.9 Å². The summed E-state index contributed by atoms with van der Waals surface area (Å²) in [5, 5.41) is 10.9. The zero-order valence-electron chi connectivity index (χ0n) is 15.0. The normalized spacial score (nSPS) is 22.3. The third-order valence-electron chi connectivity index (χ3n) is 5.38. The van der Waals surface area contributed by atoms with Crippen molar-refractivity contribution in [1.29, 1.82) is 0 Å². The fourth-order valence-electron chi connectivity index (χ4n) is 4.06. The van der Waals surface area contributed by atoms with Crippen LogP contribution in [0, 0.1) is 18.8 Å². The molecule has 2 aliphatic heterocycles. The van der Waals surface area contributed by atoms with Crippen LogP contribution < -0.4 is 9.80 Å². The van der Waals surface area contributed by atoms with Crippen LogP contribution in [0.5, 0.6) is 0 Å². The predicted octanol–water partition coefficient (Wildman–Crippen LogP) is 1.81. The van der Waals surface area contributed by atoms with E-state index in [1.165, 1.54) is 6.07 Å². The van der Waals surface area contributed by atoms with E-state index in [4.69, 9.17) is 0 Å². The standard InChI is InChI=1S/C17H17F3N8/c1-10-4-5-21-16(22-10)27-8-11-6-26(7-12(11)9-27)14-3-2-13-23-24-15(17(18,19)20)28(13)25-14/h2-5,11-12H,6-9H2,1H3. The minimum atomic E-state index is -4.60. The molecule has 8 nitrogen and oxygen atoms in total. The van der Waals surface area contributed by atoms with Gasteiger partial charge in [-0.05, 0) is 25.1 Å². The zero-order valence-corrected chi connectivity index (χ0v) is 15.0. The van der Waals surface area contributed by atoms with Gasteiger partial charge in [-0.3, -0.25) is 0 Å². The second-order valence-corrected chi connectivity index (χ2v) is 7.31. The lowest BCUT2D eigenvalue weighted by Gasteiger charge is -2.22. The molecule has 11 heteroatoms. The highest BCUT2D eigenvalue weighted by Gasteiger charge is 2.42. The number of nitrogens with zero attached hydrogens (tertiary/aromatic N) is 8. The lowest BCUT2D eigenvalue weighted by atomic mass is 10.0. The Kier molecular flexibility index (Phi) is 3.68. The monoisotopic (exact) mass is 390 g/mol.